The van der Waals surface area contributed by atoms with Crippen LogP contribution in [0.5, 0.6) is 5.75 Å². The van der Waals surface area contributed by atoms with Crippen LogP contribution in [0.4, 0.5) is 4.79 Å². The zero-order valence-corrected chi connectivity index (χ0v) is 13.4. The molecule has 1 N–H and O–H groups in total. The molecule has 2 aromatic rings. The van der Waals surface area contributed by atoms with Crippen molar-refractivity contribution in [1.29, 1.82) is 0 Å². The quantitative estimate of drug-likeness (QED) is 0.750. The van der Waals surface area contributed by atoms with Gasteiger partial charge in [-0.25, -0.2) is 4.79 Å². The third kappa shape index (κ3) is 6.43. The average molecular weight is 313 g/mol. The lowest BCUT2D eigenvalue weighted by Crippen LogP contribution is -2.29. The van der Waals surface area contributed by atoms with Crippen LogP contribution in [0.15, 0.2) is 60.7 Å². The molecule has 0 aliphatic rings. The van der Waals surface area contributed by atoms with Crippen molar-refractivity contribution < 1.29 is 14.3 Å². The molecule has 1 unspecified atom stereocenters. The first-order valence-corrected chi connectivity index (χ1v) is 7.89. The Balaban J connectivity index is 1.55. The third-order valence-corrected chi connectivity index (χ3v) is 3.54. The SMILES string of the molecule is CC(CCOC(=O)NCCOc1ccccc1)c1ccccc1. The van der Waals surface area contributed by atoms with E-state index in [0.717, 1.165) is 12.2 Å². The van der Waals surface area contributed by atoms with Crippen LogP contribution in [0.3, 0.4) is 0 Å². The standard InChI is InChI=1S/C19H23NO3/c1-16(17-8-4-2-5-9-17)12-14-23-19(21)20-13-15-22-18-10-6-3-7-11-18/h2-11,16H,12-15H2,1H3,(H,20,21). The molecule has 1 amide bonds. The minimum Gasteiger partial charge on any atom is -0.492 e. The van der Waals surface area contributed by atoms with Crippen molar-refractivity contribution in [3.8, 4) is 5.75 Å². The number of amides is 1. The summed E-state index contributed by atoms with van der Waals surface area (Å²) >= 11 is 0. The van der Waals surface area contributed by atoms with Gasteiger partial charge in [0.15, 0.2) is 0 Å². The number of carbonyl (C=O) groups excluding carboxylic acids is 1. The molecule has 0 aliphatic heterocycles. The molecular weight excluding hydrogens is 290 g/mol. The van der Waals surface area contributed by atoms with Gasteiger partial charge in [-0.2, -0.15) is 0 Å². The number of para-hydroxylation sites is 1. The minimum atomic E-state index is -0.401. The van der Waals surface area contributed by atoms with Gasteiger partial charge in [-0.05, 0) is 30.0 Å². The number of hydrogen-bond donors (Lipinski definition) is 1. The predicted octanol–water partition coefficient (Wildman–Crippen LogP) is 3.99. The molecule has 0 spiro atoms. The number of alkyl carbamates (subject to hydrolysis) is 1. The molecule has 2 aromatic carbocycles. The Morgan fingerprint density at radius 2 is 1.65 bits per heavy atom. The fourth-order valence-corrected chi connectivity index (χ4v) is 2.17. The average Bonchev–Trinajstić information content (AvgIpc) is 2.60. The summed E-state index contributed by atoms with van der Waals surface area (Å²) < 4.78 is 10.7. The number of carbonyl (C=O) groups is 1. The van der Waals surface area contributed by atoms with Gasteiger partial charge < -0.3 is 14.8 Å². The maximum absolute atomic E-state index is 11.6. The largest absolute Gasteiger partial charge is 0.492 e. The summed E-state index contributed by atoms with van der Waals surface area (Å²) in [4.78, 5) is 11.6. The van der Waals surface area contributed by atoms with Crippen molar-refractivity contribution in [2.24, 2.45) is 0 Å². The molecule has 0 aromatic heterocycles. The van der Waals surface area contributed by atoms with E-state index in [4.69, 9.17) is 9.47 Å². The van der Waals surface area contributed by atoms with Crippen molar-refractivity contribution in [2.45, 2.75) is 19.3 Å². The van der Waals surface area contributed by atoms with Gasteiger partial charge in [0.05, 0.1) is 13.2 Å². The molecule has 0 saturated carbocycles. The fourth-order valence-electron chi connectivity index (χ4n) is 2.17. The van der Waals surface area contributed by atoms with Gasteiger partial charge in [-0.15, -0.1) is 0 Å². The lowest BCUT2D eigenvalue weighted by atomic mass is 9.98. The van der Waals surface area contributed by atoms with E-state index in [9.17, 15) is 4.79 Å². The summed E-state index contributed by atoms with van der Waals surface area (Å²) in [6, 6.07) is 19.7. The summed E-state index contributed by atoms with van der Waals surface area (Å²) in [7, 11) is 0. The van der Waals surface area contributed by atoms with Crippen LogP contribution < -0.4 is 10.1 Å². The van der Waals surface area contributed by atoms with E-state index in [1.807, 2.05) is 48.5 Å². The maximum atomic E-state index is 11.6. The monoisotopic (exact) mass is 313 g/mol. The van der Waals surface area contributed by atoms with Crippen LogP contribution >= 0.6 is 0 Å². The number of rotatable bonds is 8. The fraction of sp³-hybridized carbons (Fsp3) is 0.316. The van der Waals surface area contributed by atoms with E-state index in [1.54, 1.807) is 0 Å². The molecule has 0 bridgehead atoms. The van der Waals surface area contributed by atoms with Crippen LogP contribution in [0.25, 0.3) is 0 Å². The molecule has 122 valence electrons. The summed E-state index contributed by atoms with van der Waals surface area (Å²) in [5.74, 6) is 1.16. The van der Waals surface area contributed by atoms with Gasteiger partial charge in [0.2, 0.25) is 0 Å². The highest BCUT2D eigenvalue weighted by Gasteiger charge is 2.07. The van der Waals surface area contributed by atoms with Gasteiger partial charge in [0.1, 0.15) is 12.4 Å². The number of ether oxygens (including phenoxy) is 2. The Morgan fingerprint density at radius 1 is 1.00 bits per heavy atom. The van der Waals surface area contributed by atoms with Crippen molar-refractivity contribution in [1.82, 2.24) is 5.32 Å². The van der Waals surface area contributed by atoms with Crippen molar-refractivity contribution >= 4 is 6.09 Å². The van der Waals surface area contributed by atoms with Crippen molar-refractivity contribution in [3.63, 3.8) is 0 Å². The van der Waals surface area contributed by atoms with E-state index in [-0.39, 0.29) is 0 Å². The Morgan fingerprint density at radius 3 is 2.35 bits per heavy atom. The summed E-state index contributed by atoms with van der Waals surface area (Å²) in [5.41, 5.74) is 1.26. The number of nitrogens with one attached hydrogen (secondary N) is 1. The van der Waals surface area contributed by atoms with Crippen LogP contribution in [0.1, 0.15) is 24.8 Å². The first-order chi connectivity index (χ1) is 11.3. The highest BCUT2D eigenvalue weighted by Crippen LogP contribution is 2.18. The van der Waals surface area contributed by atoms with Gasteiger partial charge in [-0.3, -0.25) is 0 Å². The normalized spacial score (nSPS) is 11.5. The summed E-state index contributed by atoms with van der Waals surface area (Å²) in [5, 5.41) is 2.68. The summed E-state index contributed by atoms with van der Waals surface area (Å²) in [6.07, 6.45) is 0.403. The molecule has 0 fully saturated rings. The Labute approximate surface area is 137 Å². The van der Waals surface area contributed by atoms with Crippen LogP contribution in [-0.4, -0.2) is 25.9 Å². The third-order valence-electron chi connectivity index (χ3n) is 3.54. The van der Waals surface area contributed by atoms with Crippen molar-refractivity contribution in [3.05, 3.63) is 66.2 Å². The topological polar surface area (TPSA) is 47.6 Å². The Hall–Kier alpha value is -2.49. The number of benzene rings is 2. The van der Waals surface area contributed by atoms with E-state index in [0.29, 0.717) is 25.7 Å². The highest BCUT2D eigenvalue weighted by molar-refractivity contribution is 5.67. The second kappa shape index (κ2) is 9.51. The zero-order chi connectivity index (χ0) is 16.3. The molecule has 4 heteroatoms. The lowest BCUT2D eigenvalue weighted by molar-refractivity contribution is 0.141. The molecule has 0 aliphatic carbocycles. The molecule has 2 rings (SSSR count). The van der Waals surface area contributed by atoms with Crippen LogP contribution in [-0.2, 0) is 4.74 Å². The predicted molar refractivity (Wildman–Crippen MR) is 90.8 cm³/mol. The maximum Gasteiger partial charge on any atom is 0.407 e. The molecule has 0 heterocycles. The van der Waals surface area contributed by atoms with E-state index in [2.05, 4.69) is 24.4 Å². The first-order valence-electron chi connectivity index (χ1n) is 7.89. The molecule has 0 radical (unpaired) electrons. The second-order valence-electron chi connectivity index (χ2n) is 5.32. The molecule has 23 heavy (non-hydrogen) atoms. The van der Waals surface area contributed by atoms with E-state index in [1.165, 1.54) is 5.56 Å². The molecular formula is C19H23NO3. The van der Waals surface area contributed by atoms with Crippen molar-refractivity contribution in [2.75, 3.05) is 19.8 Å². The molecule has 0 saturated heterocycles. The zero-order valence-electron chi connectivity index (χ0n) is 13.4. The van der Waals surface area contributed by atoms with Crippen LogP contribution in [0.2, 0.25) is 0 Å². The minimum absolute atomic E-state index is 0.366. The molecule has 4 nitrogen and oxygen atoms in total. The van der Waals surface area contributed by atoms with E-state index < -0.39 is 6.09 Å². The van der Waals surface area contributed by atoms with Gasteiger partial charge in [0, 0.05) is 0 Å². The Bertz CT molecular complexity index is 572. The number of hydrogen-bond acceptors (Lipinski definition) is 3. The smallest absolute Gasteiger partial charge is 0.407 e. The van der Waals surface area contributed by atoms with Gasteiger partial charge in [-0.1, -0.05) is 55.5 Å². The highest BCUT2D eigenvalue weighted by atomic mass is 16.5. The first kappa shape index (κ1) is 16.9. The Kier molecular flexibility index (Phi) is 6.98. The second-order valence-corrected chi connectivity index (χ2v) is 5.32. The summed E-state index contributed by atoms with van der Waals surface area (Å²) in [6.45, 7) is 3.37. The van der Waals surface area contributed by atoms with Crippen LogP contribution in [0, 0.1) is 0 Å². The van der Waals surface area contributed by atoms with E-state index >= 15 is 0 Å². The van der Waals surface area contributed by atoms with Gasteiger partial charge >= 0.3 is 6.09 Å². The molecule has 1 atom stereocenters. The van der Waals surface area contributed by atoms with Gasteiger partial charge in [0.25, 0.3) is 0 Å². The lowest BCUT2D eigenvalue weighted by Gasteiger charge is -2.12.